The highest BCUT2D eigenvalue weighted by Gasteiger charge is 2.22. The van der Waals surface area contributed by atoms with Gasteiger partial charge in [-0.25, -0.2) is 0 Å². The molecule has 1 fully saturated rings. The van der Waals surface area contributed by atoms with Crippen molar-refractivity contribution in [3.8, 4) is 0 Å². The van der Waals surface area contributed by atoms with Gasteiger partial charge in [0.25, 0.3) is 0 Å². The van der Waals surface area contributed by atoms with Crippen LogP contribution in [0.15, 0.2) is 24.3 Å². The van der Waals surface area contributed by atoms with Crippen molar-refractivity contribution < 1.29 is 4.79 Å². The minimum absolute atomic E-state index is 0.0821. The Balaban J connectivity index is 1.89. The Morgan fingerprint density at radius 1 is 1.32 bits per heavy atom. The SMILES string of the molecule is O=C(Cc1cccc(Cl)c1)NC1CCCCCC1Br. The molecule has 0 radical (unpaired) electrons. The lowest BCUT2D eigenvalue weighted by molar-refractivity contribution is -0.121. The first-order valence-corrected chi connectivity index (χ1v) is 8.12. The van der Waals surface area contributed by atoms with Crippen LogP contribution in [0.3, 0.4) is 0 Å². The average Bonchev–Trinajstić information content (AvgIpc) is 2.55. The van der Waals surface area contributed by atoms with Gasteiger partial charge in [0, 0.05) is 15.9 Å². The van der Waals surface area contributed by atoms with E-state index in [0.29, 0.717) is 16.3 Å². The van der Waals surface area contributed by atoms with E-state index in [1.54, 1.807) is 0 Å². The molecule has 0 aromatic heterocycles. The molecule has 4 heteroatoms. The Bertz CT molecular complexity index is 438. The molecule has 2 unspecified atom stereocenters. The summed E-state index contributed by atoms with van der Waals surface area (Å²) in [5.41, 5.74) is 0.963. The molecule has 2 rings (SSSR count). The standard InChI is InChI=1S/C15H19BrClNO/c16-13-7-2-1-3-8-14(13)18-15(19)10-11-5-4-6-12(17)9-11/h4-6,9,13-14H,1-3,7-8,10H2,(H,18,19). The molecular formula is C15H19BrClNO. The van der Waals surface area contributed by atoms with E-state index in [2.05, 4.69) is 21.2 Å². The van der Waals surface area contributed by atoms with Crippen LogP contribution >= 0.6 is 27.5 Å². The molecule has 0 spiro atoms. The van der Waals surface area contributed by atoms with Gasteiger partial charge >= 0.3 is 0 Å². The molecule has 0 aliphatic heterocycles. The molecule has 19 heavy (non-hydrogen) atoms. The predicted molar refractivity (Wildman–Crippen MR) is 82.9 cm³/mol. The molecule has 0 heterocycles. The van der Waals surface area contributed by atoms with Gasteiger partial charge in [-0.2, -0.15) is 0 Å². The molecule has 104 valence electrons. The van der Waals surface area contributed by atoms with E-state index >= 15 is 0 Å². The molecular weight excluding hydrogens is 326 g/mol. The summed E-state index contributed by atoms with van der Waals surface area (Å²) >= 11 is 9.62. The highest BCUT2D eigenvalue weighted by atomic mass is 79.9. The average molecular weight is 345 g/mol. The second-order valence-electron chi connectivity index (χ2n) is 5.13. The Hall–Kier alpha value is -0.540. The van der Waals surface area contributed by atoms with E-state index in [1.165, 1.54) is 19.3 Å². The highest BCUT2D eigenvalue weighted by Crippen LogP contribution is 2.23. The van der Waals surface area contributed by atoms with Crippen LogP contribution < -0.4 is 5.32 Å². The summed E-state index contributed by atoms with van der Waals surface area (Å²) in [4.78, 5) is 12.5. The summed E-state index contributed by atoms with van der Waals surface area (Å²) in [5.74, 6) is 0.0821. The quantitative estimate of drug-likeness (QED) is 0.649. The molecule has 1 aromatic rings. The van der Waals surface area contributed by atoms with Crippen LogP contribution in [-0.2, 0) is 11.2 Å². The van der Waals surface area contributed by atoms with Gasteiger partial charge in [-0.3, -0.25) is 4.79 Å². The van der Waals surface area contributed by atoms with E-state index in [9.17, 15) is 4.79 Å². The number of halogens is 2. The minimum Gasteiger partial charge on any atom is -0.352 e. The molecule has 1 aliphatic rings. The van der Waals surface area contributed by atoms with Crippen LogP contribution in [0.1, 0.15) is 37.7 Å². The van der Waals surface area contributed by atoms with Crippen molar-refractivity contribution in [2.24, 2.45) is 0 Å². The van der Waals surface area contributed by atoms with Gasteiger partial charge in [0.1, 0.15) is 0 Å². The van der Waals surface area contributed by atoms with Crippen molar-refractivity contribution in [1.82, 2.24) is 5.32 Å². The van der Waals surface area contributed by atoms with E-state index in [4.69, 9.17) is 11.6 Å². The number of alkyl halides is 1. The van der Waals surface area contributed by atoms with Crippen LogP contribution in [0.2, 0.25) is 5.02 Å². The number of nitrogens with one attached hydrogen (secondary N) is 1. The number of rotatable bonds is 3. The van der Waals surface area contributed by atoms with Crippen LogP contribution in [0.25, 0.3) is 0 Å². The summed E-state index contributed by atoms with van der Waals surface area (Å²) in [7, 11) is 0. The third-order valence-electron chi connectivity index (χ3n) is 3.53. The lowest BCUT2D eigenvalue weighted by atomic mass is 10.1. The van der Waals surface area contributed by atoms with Crippen LogP contribution in [0.5, 0.6) is 0 Å². The van der Waals surface area contributed by atoms with Crippen LogP contribution in [0, 0.1) is 0 Å². The third kappa shape index (κ3) is 4.81. The molecule has 2 nitrogen and oxygen atoms in total. The second-order valence-corrected chi connectivity index (χ2v) is 6.75. The highest BCUT2D eigenvalue weighted by molar-refractivity contribution is 9.09. The van der Waals surface area contributed by atoms with Gasteiger partial charge in [0.05, 0.1) is 6.42 Å². The Morgan fingerprint density at radius 2 is 2.11 bits per heavy atom. The lowest BCUT2D eigenvalue weighted by Crippen LogP contribution is -2.41. The fraction of sp³-hybridized carbons (Fsp3) is 0.533. The number of benzene rings is 1. The number of carbonyl (C=O) groups is 1. The zero-order chi connectivity index (χ0) is 13.7. The van der Waals surface area contributed by atoms with Gasteiger partial charge in [0.15, 0.2) is 0 Å². The number of amides is 1. The van der Waals surface area contributed by atoms with E-state index < -0.39 is 0 Å². The zero-order valence-electron chi connectivity index (χ0n) is 10.9. The minimum atomic E-state index is 0.0821. The maximum Gasteiger partial charge on any atom is 0.224 e. The van der Waals surface area contributed by atoms with Crippen molar-refractivity contribution >= 4 is 33.4 Å². The third-order valence-corrected chi connectivity index (χ3v) is 4.86. The van der Waals surface area contributed by atoms with Gasteiger partial charge in [-0.15, -0.1) is 0 Å². The van der Waals surface area contributed by atoms with Crippen molar-refractivity contribution in [3.63, 3.8) is 0 Å². The van der Waals surface area contributed by atoms with Gasteiger partial charge in [-0.05, 0) is 30.5 Å². The van der Waals surface area contributed by atoms with Crippen molar-refractivity contribution in [2.45, 2.75) is 49.4 Å². The Morgan fingerprint density at radius 3 is 2.89 bits per heavy atom. The maximum atomic E-state index is 12.1. The summed E-state index contributed by atoms with van der Waals surface area (Å²) in [6.45, 7) is 0. The largest absolute Gasteiger partial charge is 0.352 e. The van der Waals surface area contributed by atoms with Crippen molar-refractivity contribution in [3.05, 3.63) is 34.9 Å². The Labute approximate surface area is 128 Å². The van der Waals surface area contributed by atoms with Crippen molar-refractivity contribution in [1.29, 1.82) is 0 Å². The van der Waals surface area contributed by atoms with E-state index in [1.807, 2.05) is 24.3 Å². The maximum absolute atomic E-state index is 12.1. The fourth-order valence-corrected chi connectivity index (χ4v) is 3.45. The van der Waals surface area contributed by atoms with E-state index in [-0.39, 0.29) is 11.9 Å². The first-order valence-electron chi connectivity index (χ1n) is 6.83. The molecule has 1 aromatic carbocycles. The first kappa shape index (κ1) is 14.9. The van der Waals surface area contributed by atoms with Gasteiger partial charge < -0.3 is 5.32 Å². The molecule has 0 bridgehead atoms. The summed E-state index contributed by atoms with van der Waals surface area (Å²) in [6, 6.07) is 7.74. The number of carbonyl (C=O) groups excluding carboxylic acids is 1. The molecule has 1 N–H and O–H groups in total. The number of hydrogen-bond acceptors (Lipinski definition) is 1. The van der Waals surface area contributed by atoms with Crippen LogP contribution in [0.4, 0.5) is 0 Å². The molecule has 1 saturated carbocycles. The predicted octanol–water partition coefficient (Wildman–Crippen LogP) is 4.09. The number of hydrogen-bond donors (Lipinski definition) is 1. The van der Waals surface area contributed by atoms with Gasteiger partial charge in [-0.1, -0.05) is 58.9 Å². The fourth-order valence-electron chi connectivity index (χ4n) is 2.52. The molecule has 2 atom stereocenters. The first-order chi connectivity index (χ1) is 9.15. The molecule has 1 amide bonds. The summed E-state index contributed by atoms with van der Waals surface area (Å²) < 4.78 is 0. The van der Waals surface area contributed by atoms with Gasteiger partial charge in [0.2, 0.25) is 5.91 Å². The smallest absolute Gasteiger partial charge is 0.224 e. The Kier molecular flexibility index (Phi) is 5.71. The normalized spacial score (nSPS) is 23.7. The molecule has 1 aliphatic carbocycles. The summed E-state index contributed by atoms with van der Waals surface area (Å²) in [6.07, 6.45) is 6.32. The molecule has 0 saturated heterocycles. The topological polar surface area (TPSA) is 29.1 Å². The van der Waals surface area contributed by atoms with Crippen molar-refractivity contribution in [2.75, 3.05) is 0 Å². The summed E-state index contributed by atoms with van der Waals surface area (Å²) in [5, 5.41) is 3.83. The zero-order valence-corrected chi connectivity index (χ0v) is 13.2. The second kappa shape index (κ2) is 7.30. The van der Waals surface area contributed by atoms with Crippen LogP contribution in [-0.4, -0.2) is 16.8 Å². The van der Waals surface area contributed by atoms with E-state index in [0.717, 1.165) is 18.4 Å². The lowest BCUT2D eigenvalue weighted by Gasteiger charge is -2.21. The monoisotopic (exact) mass is 343 g/mol.